The normalized spacial score (nSPS) is 23.7. The van der Waals surface area contributed by atoms with E-state index in [1.165, 1.54) is 0 Å². The van der Waals surface area contributed by atoms with Gasteiger partial charge in [-0.25, -0.2) is 0 Å². The van der Waals surface area contributed by atoms with Crippen LogP contribution in [0.25, 0.3) is 0 Å². The third-order valence-electron chi connectivity index (χ3n) is 2.69. The molecule has 0 aromatic heterocycles. The van der Waals surface area contributed by atoms with Crippen LogP contribution in [0.15, 0.2) is 0 Å². The molecule has 1 N–H and O–H groups in total. The minimum atomic E-state index is -0.429. The van der Waals surface area contributed by atoms with Crippen LogP contribution >= 0.6 is 11.8 Å². The highest BCUT2D eigenvalue weighted by atomic mass is 32.2. The van der Waals surface area contributed by atoms with Crippen LogP contribution in [-0.4, -0.2) is 47.5 Å². The Kier molecular flexibility index (Phi) is 3.84. The highest BCUT2D eigenvalue weighted by Crippen LogP contribution is 2.20. The van der Waals surface area contributed by atoms with E-state index < -0.39 is 5.54 Å². The van der Waals surface area contributed by atoms with E-state index in [1.807, 2.05) is 37.6 Å². The lowest BCUT2D eigenvalue weighted by molar-refractivity contribution is -0.136. The van der Waals surface area contributed by atoms with E-state index in [2.05, 4.69) is 12.2 Å². The van der Waals surface area contributed by atoms with Crippen molar-refractivity contribution in [2.45, 2.75) is 31.6 Å². The van der Waals surface area contributed by atoms with Gasteiger partial charge in [0.2, 0.25) is 5.91 Å². The summed E-state index contributed by atoms with van der Waals surface area (Å²) in [6.07, 6.45) is 0. The zero-order chi connectivity index (χ0) is 10.8. The highest BCUT2D eigenvalue weighted by molar-refractivity contribution is 7.99. The molecule has 3 nitrogen and oxygen atoms in total. The van der Waals surface area contributed by atoms with Crippen LogP contribution in [0.1, 0.15) is 20.8 Å². The largest absolute Gasteiger partial charge is 0.339 e. The fourth-order valence-corrected chi connectivity index (χ4v) is 2.52. The Morgan fingerprint density at radius 3 is 2.71 bits per heavy atom. The number of thioether (sulfide) groups is 1. The second-order valence-electron chi connectivity index (χ2n) is 4.31. The number of nitrogens with zero attached hydrogens (tertiary/aromatic N) is 1. The second-order valence-corrected chi connectivity index (χ2v) is 5.85. The van der Waals surface area contributed by atoms with Gasteiger partial charge in [0.1, 0.15) is 0 Å². The molecule has 0 bridgehead atoms. The van der Waals surface area contributed by atoms with E-state index in [0.717, 1.165) is 18.8 Å². The topological polar surface area (TPSA) is 32.3 Å². The Morgan fingerprint density at radius 1 is 1.57 bits per heavy atom. The Morgan fingerprint density at radius 2 is 2.21 bits per heavy atom. The van der Waals surface area contributed by atoms with Crippen LogP contribution in [0.5, 0.6) is 0 Å². The van der Waals surface area contributed by atoms with Gasteiger partial charge < -0.3 is 10.2 Å². The van der Waals surface area contributed by atoms with Gasteiger partial charge in [0, 0.05) is 24.1 Å². The summed E-state index contributed by atoms with van der Waals surface area (Å²) in [5.41, 5.74) is -0.429. The third kappa shape index (κ3) is 2.64. The number of carbonyl (C=O) groups is 1. The van der Waals surface area contributed by atoms with Crippen LogP contribution in [0.3, 0.4) is 0 Å². The van der Waals surface area contributed by atoms with Crippen LogP contribution < -0.4 is 5.32 Å². The summed E-state index contributed by atoms with van der Waals surface area (Å²) in [4.78, 5) is 14.0. The van der Waals surface area contributed by atoms with E-state index in [0.29, 0.717) is 5.25 Å². The van der Waals surface area contributed by atoms with Crippen molar-refractivity contribution in [3.63, 3.8) is 0 Å². The molecular weight excluding hydrogens is 196 g/mol. The fraction of sp³-hybridized carbons (Fsp3) is 0.900. The van der Waals surface area contributed by atoms with Gasteiger partial charge in [-0.15, -0.1) is 0 Å². The molecule has 1 rings (SSSR count). The van der Waals surface area contributed by atoms with Gasteiger partial charge in [-0.05, 0) is 20.9 Å². The summed E-state index contributed by atoms with van der Waals surface area (Å²) in [6.45, 7) is 7.81. The van der Waals surface area contributed by atoms with Crippen molar-refractivity contribution in [3.8, 4) is 0 Å². The molecule has 0 spiro atoms. The zero-order valence-electron chi connectivity index (χ0n) is 9.46. The van der Waals surface area contributed by atoms with Crippen LogP contribution in [0.2, 0.25) is 0 Å². The molecule has 1 aliphatic rings. The van der Waals surface area contributed by atoms with Crippen molar-refractivity contribution in [3.05, 3.63) is 0 Å². The van der Waals surface area contributed by atoms with Gasteiger partial charge >= 0.3 is 0 Å². The molecule has 1 heterocycles. The first-order chi connectivity index (χ1) is 6.47. The van der Waals surface area contributed by atoms with Gasteiger partial charge in [0.05, 0.1) is 5.54 Å². The predicted octanol–water partition coefficient (Wildman–Crippen LogP) is 0.948. The highest BCUT2D eigenvalue weighted by Gasteiger charge is 2.32. The first-order valence-corrected chi connectivity index (χ1v) is 6.12. The Balaban J connectivity index is 2.60. The maximum absolute atomic E-state index is 12.1. The number of rotatable bonds is 2. The predicted molar refractivity (Wildman–Crippen MR) is 61.6 cm³/mol. The SMILES string of the molecule is CNC(C)(C)C(=O)N1CCSC(C)C1. The van der Waals surface area contributed by atoms with Gasteiger partial charge in [-0.1, -0.05) is 6.92 Å². The third-order valence-corrected chi connectivity index (χ3v) is 3.82. The smallest absolute Gasteiger partial charge is 0.242 e. The number of hydrogen-bond donors (Lipinski definition) is 1. The van der Waals surface area contributed by atoms with E-state index in [1.54, 1.807) is 0 Å². The van der Waals surface area contributed by atoms with Crippen LogP contribution in [0.4, 0.5) is 0 Å². The number of amides is 1. The number of nitrogens with one attached hydrogen (secondary N) is 1. The second kappa shape index (κ2) is 4.53. The molecule has 4 heteroatoms. The molecule has 1 aliphatic heterocycles. The van der Waals surface area contributed by atoms with Crippen molar-refractivity contribution in [1.82, 2.24) is 10.2 Å². The monoisotopic (exact) mass is 216 g/mol. The van der Waals surface area contributed by atoms with Crippen molar-refractivity contribution in [2.75, 3.05) is 25.9 Å². The molecule has 0 aromatic rings. The maximum Gasteiger partial charge on any atom is 0.242 e. The van der Waals surface area contributed by atoms with Crippen molar-refractivity contribution in [1.29, 1.82) is 0 Å². The molecule has 0 radical (unpaired) electrons. The minimum absolute atomic E-state index is 0.215. The summed E-state index contributed by atoms with van der Waals surface area (Å²) in [7, 11) is 1.83. The van der Waals surface area contributed by atoms with Gasteiger partial charge in [-0.3, -0.25) is 4.79 Å². The van der Waals surface area contributed by atoms with Gasteiger partial charge in [-0.2, -0.15) is 11.8 Å². The lowest BCUT2D eigenvalue weighted by Crippen LogP contribution is -2.55. The first-order valence-electron chi connectivity index (χ1n) is 5.07. The standard InChI is InChI=1S/C10H20N2OS/c1-8-7-12(5-6-14-8)9(13)10(2,3)11-4/h8,11H,5-7H2,1-4H3. The van der Waals surface area contributed by atoms with Crippen LogP contribution in [-0.2, 0) is 4.79 Å². The molecule has 1 atom stereocenters. The summed E-state index contributed by atoms with van der Waals surface area (Å²) < 4.78 is 0. The summed E-state index contributed by atoms with van der Waals surface area (Å²) in [6, 6.07) is 0. The summed E-state index contributed by atoms with van der Waals surface area (Å²) in [5, 5.41) is 3.62. The van der Waals surface area contributed by atoms with E-state index in [9.17, 15) is 4.79 Å². The molecular formula is C10H20N2OS. The number of hydrogen-bond acceptors (Lipinski definition) is 3. The molecule has 0 aliphatic carbocycles. The average molecular weight is 216 g/mol. The molecule has 1 saturated heterocycles. The van der Waals surface area contributed by atoms with Gasteiger partial charge in [0.25, 0.3) is 0 Å². The van der Waals surface area contributed by atoms with Crippen molar-refractivity contribution < 1.29 is 4.79 Å². The van der Waals surface area contributed by atoms with E-state index in [4.69, 9.17) is 0 Å². The molecule has 1 fully saturated rings. The van der Waals surface area contributed by atoms with Crippen molar-refractivity contribution >= 4 is 17.7 Å². The molecule has 14 heavy (non-hydrogen) atoms. The average Bonchev–Trinajstić information content (AvgIpc) is 2.16. The lowest BCUT2D eigenvalue weighted by atomic mass is 10.0. The summed E-state index contributed by atoms with van der Waals surface area (Å²) >= 11 is 1.94. The van der Waals surface area contributed by atoms with Crippen LogP contribution in [0, 0.1) is 0 Å². The zero-order valence-corrected chi connectivity index (χ0v) is 10.3. The van der Waals surface area contributed by atoms with E-state index >= 15 is 0 Å². The fourth-order valence-electron chi connectivity index (χ4n) is 1.51. The maximum atomic E-state index is 12.1. The number of carbonyl (C=O) groups excluding carboxylic acids is 1. The molecule has 82 valence electrons. The Hall–Kier alpha value is -0.220. The molecule has 0 saturated carbocycles. The van der Waals surface area contributed by atoms with E-state index in [-0.39, 0.29) is 5.91 Å². The lowest BCUT2D eigenvalue weighted by Gasteiger charge is -2.36. The molecule has 1 amide bonds. The molecule has 1 unspecified atom stereocenters. The van der Waals surface area contributed by atoms with Crippen molar-refractivity contribution in [2.24, 2.45) is 0 Å². The Bertz CT molecular complexity index is 218. The molecule has 0 aromatic carbocycles. The quantitative estimate of drug-likeness (QED) is 0.746. The Labute approximate surface area is 90.6 Å². The number of likely N-dealkylation sites (N-methyl/N-ethyl adjacent to an activating group) is 1. The summed E-state index contributed by atoms with van der Waals surface area (Å²) in [5.74, 6) is 1.28. The minimum Gasteiger partial charge on any atom is -0.339 e. The van der Waals surface area contributed by atoms with Gasteiger partial charge in [0.15, 0.2) is 0 Å². The first kappa shape index (κ1) is 11.9.